The number of ether oxygens (including phenoxy) is 2. The summed E-state index contributed by atoms with van der Waals surface area (Å²) in [5.74, 6) is 1.42. The Morgan fingerprint density at radius 1 is 1.23 bits per heavy atom. The summed E-state index contributed by atoms with van der Waals surface area (Å²) in [7, 11) is 0. The lowest BCUT2D eigenvalue weighted by Crippen LogP contribution is -2.43. The van der Waals surface area contributed by atoms with Crippen LogP contribution >= 0.6 is 0 Å². The maximum atomic E-state index is 13.2. The van der Waals surface area contributed by atoms with Gasteiger partial charge in [0.05, 0.1) is 25.4 Å². The normalized spacial score (nSPS) is 16.7. The number of fused-ring (bicyclic) bond motifs is 1. The first-order valence-electron chi connectivity index (χ1n) is 10.3. The van der Waals surface area contributed by atoms with Crippen LogP contribution in [0.4, 0.5) is 0 Å². The van der Waals surface area contributed by atoms with Crippen molar-refractivity contribution in [3.05, 3.63) is 46.0 Å². The largest absolute Gasteiger partial charge is 0.494 e. The second-order valence-electron chi connectivity index (χ2n) is 8.41. The number of aromatic amines is 1. The number of pyridine rings is 1. The van der Waals surface area contributed by atoms with Gasteiger partial charge in [-0.25, -0.2) is 4.68 Å². The molecule has 1 unspecified atom stereocenters. The van der Waals surface area contributed by atoms with Gasteiger partial charge < -0.3 is 14.5 Å². The highest BCUT2D eigenvalue weighted by atomic mass is 16.5. The molecule has 1 atom stereocenters. The number of aromatic nitrogens is 5. The first-order valence-corrected chi connectivity index (χ1v) is 10.3. The molecule has 0 bridgehead atoms. The molecule has 0 aliphatic carbocycles. The highest BCUT2D eigenvalue weighted by Crippen LogP contribution is 2.30. The quantitative estimate of drug-likeness (QED) is 0.685. The predicted octanol–water partition coefficient (Wildman–Crippen LogP) is 2.09. The molecular formula is C21H28N6O3. The zero-order valence-corrected chi connectivity index (χ0v) is 17.9. The van der Waals surface area contributed by atoms with Crippen molar-refractivity contribution in [2.75, 3.05) is 32.9 Å². The van der Waals surface area contributed by atoms with Crippen LogP contribution in [-0.4, -0.2) is 63.0 Å². The second kappa shape index (κ2) is 8.16. The van der Waals surface area contributed by atoms with E-state index >= 15 is 0 Å². The number of benzene rings is 1. The predicted molar refractivity (Wildman–Crippen MR) is 113 cm³/mol. The van der Waals surface area contributed by atoms with Crippen LogP contribution in [0.5, 0.6) is 5.75 Å². The van der Waals surface area contributed by atoms with Gasteiger partial charge in [-0.3, -0.25) is 9.69 Å². The topological polar surface area (TPSA) is 98.2 Å². The summed E-state index contributed by atoms with van der Waals surface area (Å²) in [6, 6.07) is 7.22. The molecular weight excluding hydrogens is 384 g/mol. The zero-order valence-electron chi connectivity index (χ0n) is 17.9. The molecule has 2 aromatic heterocycles. The standard InChI is InChI=1S/C21H28N6O3/c1-5-30-15-6-7-17-14(12-15)13-16(20(28)22-17)18(26-8-10-29-11-9-26)19-23-24-25-27(19)21(2,3)4/h6-7,12-13,18H,5,8-11H2,1-4H3,(H,22,28). The number of H-pyrrole nitrogens is 1. The second-order valence-corrected chi connectivity index (χ2v) is 8.41. The van der Waals surface area contributed by atoms with Crippen molar-refractivity contribution in [2.45, 2.75) is 39.3 Å². The first kappa shape index (κ1) is 20.5. The molecule has 0 amide bonds. The molecule has 0 spiro atoms. The van der Waals surface area contributed by atoms with E-state index in [1.807, 2.05) is 52.0 Å². The smallest absolute Gasteiger partial charge is 0.253 e. The van der Waals surface area contributed by atoms with Gasteiger partial charge in [0.25, 0.3) is 5.56 Å². The molecule has 3 heterocycles. The van der Waals surface area contributed by atoms with Gasteiger partial charge in [-0.05, 0) is 62.4 Å². The fourth-order valence-electron chi connectivity index (χ4n) is 3.84. The van der Waals surface area contributed by atoms with E-state index < -0.39 is 0 Å². The Labute approximate surface area is 175 Å². The van der Waals surface area contributed by atoms with Crippen molar-refractivity contribution in [3.8, 4) is 5.75 Å². The molecule has 1 fully saturated rings. The van der Waals surface area contributed by atoms with Crippen LogP contribution in [0.25, 0.3) is 10.9 Å². The number of nitrogens with zero attached hydrogens (tertiary/aromatic N) is 5. The lowest BCUT2D eigenvalue weighted by Gasteiger charge is -2.34. The van der Waals surface area contributed by atoms with Crippen LogP contribution in [0, 0.1) is 0 Å². The molecule has 9 nitrogen and oxygen atoms in total. The van der Waals surface area contributed by atoms with Gasteiger partial charge in [0.2, 0.25) is 0 Å². The third kappa shape index (κ3) is 3.95. The Kier molecular flexibility index (Phi) is 5.57. The van der Waals surface area contributed by atoms with Crippen molar-refractivity contribution >= 4 is 10.9 Å². The van der Waals surface area contributed by atoms with Crippen LogP contribution in [0.15, 0.2) is 29.1 Å². The molecule has 0 radical (unpaired) electrons. The van der Waals surface area contributed by atoms with Crippen molar-refractivity contribution in [2.24, 2.45) is 0 Å². The van der Waals surface area contributed by atoms with E-state index in [0.29, 0.717) is 44.3 Å². The summed E-state index contributed by atoms with van der Waals surface area (Å²) in [5, 5.41) is 13.4. The minimum absolute atomic E-state index is 0.147. The summed E-state index contributed by atoms with van der Waals surface area (Å²) < 4.78 is 13.0. The van der Waals surface area contributed by atoms with Crippen molar-refractivity contribution in [3.63, 3.8) is 0 Å². The lowest BCUT2D eigenvalue weighted by molar-refractivity contribution is 0.0206. The Bertz CT molecular complexity index is 1080. The maximum Gasteiger partial charge on any atom is 0.253 e. The Hall–Kier alpha value is -2.78. The minimum atomic E-state index is -0.382. The van der Waals surface area contributed by atoms with Gasteiger partial charge >= 0.3 is 0 Å². The van der Waals surface area contributed by atoms with Gasteiger partial charge in [0, 0.05) is 29.6 Å². The highest BCUT2D eigenvalue weighted by Gasteiger charge is 2.34. The summed E-state index contributed by atoms with van der Waals surface area (Å²) in [5.41, 5.74) is 0.906. The minimum Gasteiger partial charge on any atom is -0.494 e. The number of morpholine rings is 1. The fourth-order valence-corrected chi connectivity index (χ4v) is 3.84. The number of nitrogens with one attached hydrogen (secondary N) is 1. The third-order valence-electron chi connectivity index (χ3n) is 5.23. The molecule has 1 aliphatic rings. The van der Waals surface area contributed by atoms with Crippen LogP contribution in [0.3, 0.4) is 0 Å². The molecule has 4 rings (SSSR count). The van der Waals surface area contributed by atoms with E-state index in [9.17, 15) is 4.79 Å². The van der Waals surface area contributed by atoms with Crippen molar-refractivity contribution in [1.82, 2.24) is 30.1 Å². The Morgan fingerprint density at radius 2 is 2.00 bits per heavy atom. The SMILES string of the molecule is CCOc1ccc2[nH]c(=O)c(C(c3nnnn3C(C)(C)C)N3CCOCC3)cc2c1. The van der Waals surface area contributed by atoms with Gasteiger partial charge in [0.15, 0.2) is 5.82 Å². The van der Waals surface area contributed by atoms with Gasteiger partial charge in [-0.1, -0.05) is 0 Å². The van der Waals surface area contributed by atoms with Crippen LogP contribution in [0.2, 0.25) is 0 Å². The van der Waals surface area contributed by atoms with Crippen molar-refractivity contribution < 1.29 is 9.47 Å². The number of hydrogen-bond donors (Lipinski definition) is 1. The molecule has 1 N–H and O–H groups in total. The lowest BCUT2D eigenvalue weighted by atomic mass is 10.0. The number of hydrogen-bond acceptors (Lipinski definition) is 7. The monoisotopic (exact) mass is 412 g/mol. The van der Waals surface area contributed by atoms with Gasteiger partial charge in [-0.2, -0.15) is 0 Å². The molecule has 1 saturated heterocycles. The highest BCUT2D eigenvalue weighted by molar-refractivity contribution is 5.80. The maximum absolute atomic E-state index is 13.2. The summed E-state index contributed by atoms with van der Waals surface area (Å²) in [6.45, 7) is 11.3. The number of tetrazole rings is 1. The summed E-state index contributed by atoms with van der Waals surface area (Å²) >= 11 is 0. The Balaban J connectivity index is 1.88. The fraction of sp³-hybridized carbons (Fsp3) is 0.524. The average Bonchev–Trinajstić information content (AvgIpc) is 3.20. The van der Waals surface area contributed by atoms with E-state index in [2.05, 4.69) is 25.4 Å². The van der Waals surface area contributed by atoms with Crippen LogP contribution < -0.4 is 10.3 Å². The molecule has 1 aliphatic heterocycles. The van der Waals surface area contributed by atoms with Gasteiger partial charge in [-0.15, -0.1) is 5.10 Å². The van der Waals surface area contributed by atoms with Crippen LogP contribution in [-0.2, 0) is 10.3 Å². The molecule has 9 heteroatoms. The Morgan fingerprint density at radius 3 is 2.70 bits per heavy atom. The average molecular weight is 412 g/mol. The van der Waals surface area contributed by atoms with Gasteiger partial charge in [0.1, 0.15) is 11.8 Å². The van der Waals surface area contributed by atoms with E-state index in [1.54, 1.807) is 4.68 Å². The summed E-state index contributed by atoms with van der Waals surface area (Å²) in [4.78, 5) is 18.4. The molecule has 160 valence electrons. The molecule has 3 aromatic rings. The van der Waals surface area contributed by atoms with E-state index in [4.69, 9.17) is 9.47 Å². The molecule has 0 saturated carbocycles. The van der Waals surface area contributed by atoms with E-state index in [0.717, 1.165) is 16.7 Å². The molecule has 30 heavy (non-hydrogen) atoms. The van der Waals surface area contributed by atoms with Crippen molar-refractivity contribution in [1.29, 1.82) is 0 Å². The first-order chi connectivity index (χ1) is 14.4. The third-order valence-corrected chi connectivity index (χ3v) is 5.23. The zero-order chi connectivity index (χ0) is 21.3. The summed E-state index contributed by atoms with van der Waals surface area (Å²) in [6.07, 6.45) is 0. The van der Waals surface area contributed by atoms with Crippen LogP contribution in [0.1, 0.15) is 45.1 Å². The van der Waals surface area contributed by atoms with E-state index in [1.165, 1.54) is 0 Å². The van der Waals surface area contributed by atoms with E-state index in [-0.39, 0.29) is 17.1 Å². The number of rotatable bonds is 5. The molecule has 1 aromatic carbocycles.